The molecule has 0 aliphatic carbocycles. The van der Waals surface area contributed by atoms with Crippen LogP contribution in [-0.4, -0.2) is 12.5 Å². The van der Waals surface area contributed by atoms with Gasteiger partial charge in [-0.15, -0.1) is 0 Å². The molecule has 0 fully saturated rings. The molecule has 144 valence electrons. The van der Waals surface area contributed by atoms with Crippen LogP contribution in [0.2, 0.25) is 0 Å². The predicted octanol–water partition coefficient (Wildman–Crippen LogP) is 6.69. The highest BCUT2D eigenvalue weighted by molar-refractivity contribution is 5.92. The van der Waals surface area contributed by atoms with Gasteiger partial charge in [0.1, 0.15) is 0 Å². The highest BCUT2D eigenvalue weighted by atomic mass is 16.1. The molecule has 0 spiro atoms. The van der Waals surface area contributed by atoms with Gasteiger partial charge in [-0.05, 0) is 68.3 Å². The van der Waals surface area contributed by atoms with Crippen molar-refractivity contribution in [2.24, 2.45) is 16.1 Å². The first kappa shape index (κ1) is 20.6. The highest BCUT2D eigenvalue weighted by Gasteiger charge is 2.16. The molecule has 2 rings (SSSR count). The SMILES string of the molecule is CCCC(CCC)C(=O)Nc1ccc(/N=N/c2ccc(NCC)cc2)cc1. The molecule has 0 saturated heterocycles. The Morgan fingerprint density at radius 2 is 1.30 bits per heavy atom. The number of amides is 1. The monoisotopic (exact) mass is 366 g/mol. The lowest BCUT2D eigenvalue weighted by Gasteiger charge is -2.15. The van der Waals surface area contributed by atoms with E-state index in [1.807, 2.05) is 48.5 Å². The van der Waals surface area contributed by atoms with Gasteiger partial charge in [0, 0.05) is 23.8 Å². The molecule has 5 nitrogen and oxygen atoms in total. The average Bonchev–Trinajstić information content (AvgIpc) is 2.68. The van der Waals surface area contributed by atoms with Crippen LogP contribution in [0.4, 0.5) is 22.7 Å². The van der Waals surface area contributed by atoms with Gasteiger partial charge >= 0.3 is 0 Å². The van der Waals surface area contributed by atoms with E-state index >= 15 is 0 Å². The number of rotatable bonds is 10. The van der Waals surface area contributed by atoms with E-state index in [2.05, 4.69) is 41.6 Å². The smallest absolute Gasteiger partial charge is 0.227 e. The van der Waals surface area contributed by atoms with Gasteiger partial charge in [0.15, 0.2) is 0 Å². The summed E-state index contributed by atoms with van der Waals surface area (Å²) in [6, 6.07) is 15.3. The van der Waals surface area contributed by atoms with E-state index in [1.165, 1.54) is 0 Å². The van der Waals surface area contributed by atoms with E-state index in [-0.39, 0.29) is 11.8 Å². The zero-order valence-corrected chi connectivity index (χ0v) is 16.5. The third-order valence-corrected chi connectivity index (χ3v) is 4.31. The molecule has 0 saturated carbocycles. The molecule has 2 aromatic rings. The average molecular weight is 367 g/mol. The van der Waals surface area contributed by atoms with E-state index in [0.29, 0.717) is 0 Å². The minimum Gasteiger partial charge on any atom is -0.385 e. The van der Waals surface area contributed by atoms with Crippen LogP contribution in [0.1, 0.15) is 46.5 Å². The summed E-state index contributed by atoms with van der Waals surface area (Å²) in [6.45, 7) is 7.18. The largest absolute Gasteiger partial charge is 0.385 e. The Morgan fingerprint density at radius 3 is 1.74 bits per heavy atom. The molecule has 2 N–H and O–H groups in total. The van der Waals surface area contributed by atoms with Crippen LogP contribution in [0.3, 0.4) is 0 Å². The lowest BCUT2D eigenvalue weighted by Crippen LogP contribution is -2.22. The first-order valence-corrected chi connectivity index (χ1v) is 9.82. The Kier molecular flexibility index (Phi) is 8.49. The van der Waals surface area contributed by atoms with Crippen LogP contribution in [0.25, 0.3) is 0 Å². The molecule has 5 heteroatoms. The predicted molar refractivity (Wildman–Crippen MR) is 113 cm³/mol. The second-order valence-electron chi connectivity index (χ2n) is 6.59. The van der Waals surface area contributed by atoms with Crippen LogP contribution in [0, 0.1) is 5.92 Å². The van der Waals surface area contributed by atoms with Crippen LogP contribution >= 0.6 is 0 Å². The van der Waals surface area contributed by atoms with E-state index in [1.54, 1.807) is 0 Å². The Morgan fingerprint density at radius 1 is 0.815 bits per heavy atom. The van der Waals surface area contributed by atoms with Gasteiger partial charge in [0.05, 0.1) is 11.4 Å². The molecule has 1 amide bonds. The number of hydrogen-bond acceptors (Lipinski definition) is 4. The summed E-state index contributed by atoms with van der Waals surface area (Å²) in [4.78, 5) is 12.4. The fraction of sp³-hybridized carbons (Fsp3) is 0.409. The van der Waals surface area contributed by atoms with E-state index in [9.17, 15) is 4.79 Å². The van der Waals surface area contributed by atoms with Crippen molar-refractivity contribution in [3.8, 4) is 0 Å². The van der Waals surface area contributed by atoms with E-state index in [4.69, 9.17) is 0 Å². The zero-order valence-electron chi connectivity index (χ0n) is 16.5. The second-order valence-corrected chi connectivity index (χ2v) is 6.59. The summed E-state index contributed by atoms with van der Waals surface area (Å²) in [7, 11) is 0. The Bertz CT molecular complexity index is 717. The standard InChI is InChI=1S/C22H30N4O/c1-4-7-17(8-5-2)22(27)24-19-11-15-21(16-12-19)26-25-20-13-9-18(10-14-20)23-6-3/h9-17,23H,4-8H2,1-3H3,(H,24,27)/b26-25+. The van der Waals surface area contributed by atoms with Crippen LogP contribution < -0.4 is 10.6 Å². The van der Waals surface area contributed by atoms with Gasteiger partial charge in [0.25, 0.3) is 0 Å². The van der Waals surface area contributed by atoms with Crippen LogP contribution in [0.5, 0.6) is 0 Å². The molecule has 0 heterocycles. The Hall–Kier alpha value is -2.69. The molecule has 0 aromatic heterocycles. The molecule has 27 heavy (non-hydrogen) atoms. The van der Waals surface area contributed by atoms with Crippen molar-refractivity contribution in [2.75, 3.05) is 17.2 Å². The third-order valence-electron chi connectivity index (χ3n) is 4.31. The van der Waals surface area contributed by atoms with Crippen molar-refractivity contribution in [1.29, 1.82) is 0 Å². The minimum absolute atomic E-state index is 0.0875. The topological polar surface area (TPSA) is 65.8 Å². The van der Waals surface area contributed by atoms with Gasteiger partial charge in [-0.25, -0.2) is 0 Å². The van der Waals surface area contributed by atoms with Gasteiger partial charge in [-0.2, -0.15) is 10.2 Å². The lowest BCUT2D eigenvalue weighted by molar-refractivity contribution is -0.120. The molecule has 0 bridgehead atoms. The number of anilines is 2. The number of benzene rings is 2. The zero-order chi connectivity index (χ0) is 19.5. The molecular formula is C22H30N4O. The number of hydrogen-bond donors (Lipinski definition) is 2. The summed E-state index contributed by atoms with van der Waals surface area (Å²) in [5, 5.41) is 14.8. The number of azo groups is 1. The van der Waals surface area contributed by atoms with Crippen LogP contribution in [0.15, 0.2) is 58.8 Å². The first-order chi connectivity index (χ1) is 13.2. The normalized spacial score (nSPS) is 11.1. The first-order valence-electron chi connectivity index (χ1n) is 9.82. The number of carbonyl (C=O) groups is 1. The van der Waals surface area contributed by atoms with Crippen molar-refractivity contribution in [3.63, 3.8) is 0 Å². The molecule has 2 aromatic carbocycles. The summed E-state index contributed by atoms with van der Waals surface area (Å²) < 4.78 is 0. The fourth-order valence-corrected chi connectivity index (χ4v) is 2.92. The quantitative estimate of drug-likeness (QED) is 0.460. The van der Waals surface area contributed by atoms with Crippen molar-refractivity contribution >= 4 is 28.7 Å². The van der Waals surface area contributed by atoms with Gasteiger partial charge in [-0.3, -0.25) is 4.79 Å². The van der Waals surface area contributed by atoms with Crippen molar-refractivity contribution in [3.05, 3.63) is 48.5 Å². The highest BCUT2D eigenvalue weighted by Crippen LogP contribution is 2.22. The maximum atomic E-state index is 12.4. The third kappa shape index (κ3) is 6.85. The number of carbonyl (C=O) groups excluding carboxylic acids is 1. The van der Waals surface area contributed by atoms with E-state index < -0.39 is 0 Å². The summed E-state index contributed by atoms with van der Waals surface area (Å²) >= 11 is 0. The molecule has 0 radical (unpaired) electrons. The Labute approximate surface area is 162 Å². The van der Waals surface area contributed by atoms with Crippen molar-refractivity contribution < 1.29 is 4.79 Å². The van der Waals surface area contributed by atoms with Gasteiger partial charge < -0.3 is 10.6 Å². The second kappa shape index (κ2) is 11.1. The number of nitrogens with zero attached hydrogens (tertiary/aromatic N) is 2. The Balaban J connectivity index is 1.94. The van der Waals surface area contributed by atoms with Crippen molar-refractivity contribution in [1.82, 2.24) is 0 Å². The maximum Gasteiger partial charge on any atom is 0.227 e. The molecule has 0 unspecified atom stereocenters. The summed E-state index contributed by atoms with van der Waals surface area (Å²) in [5.74, 6) is 0.193. The maximum absolute atomic E-state index is 12.4. The van der Waals surface area contributed by atoms with Gasteiger partial charge in [0.2, 0.25) is 5.91 Å². The summed E-state index contributed by atoms with van der Waals surface area (Å²) in [6.07, 6.45) is 3.90. The fourth-order valence-electron chi connectivity index (χ4n) is 2.92. The van der Waals surface area contributed by atoms with E-state index in [0.717, 1.165) is 55.0 Å². The van der Waals surface area contributed by atoms with Gasteiger partial charge in [-0.1, -0.05) is 26.7 Å². The van der Waals surface area contributed by atoms with Crippen molar-refractivity contribution in [2.45, 2.75) is 46.5 Å². The summed E-state index contributed by atoms with van der Waals surface area (Å²) in [5.41, 5.74) is 3.42. The molecule has 0 atom stereocenters. The molecular weight excluding hydrogens is 336 g/mol. The molecule has 0 aliphatic heterocycles. The minimum atomic E-state index is 0.0875. The number of nitrogens with one attached hydrogen (secondary N) is 2. The lowest BCUT2D eigenvalue weighted by atomic mass is 9.97. The molecule has 0 aliphatic rings. The van der Waals surface area contributed by atoms with Crippen LogP contribution in [-0.2, 0) is 4.79 Å².